The number of carbonyl (C=O) groups excluding carboxylic acids is 1. The lowest BCUT2D eigenvalue weighted by Crippen LogP contribution is -2.36. The fraction of sp³-hybridized carbons (Fsp3) is 0.312. The average molecular weight is 323 g/mol. The largest absolute Gasteiger partial charge is 0.364 e. The number of anilines is 1. The predicted molar refractivity (Wildman–Crippen MR) is 87.7 cm³/mol. The molecule has 0 saturated carbocycles. The second kappa shape index (κ2) is 5.88. The smallest absolute Gasteiger partial charge is 0.268 e. The van der Waals surface area contributed by atoms with Gasteiger partial charge in [-0.05, 0) is 25.0 Å². The van der Waals surface area contributed by atoms with Crippen LogP contribution in [0.15, 0.2) is 36.8 Å². The number of piperidine rings is 1. The highest BCUT2D eigenvalue weighted by atomic mass is 16.1. The van der Waals surface area contributed by atoms with Crippen LogP contribution in [0.4, 0.5) is 5.82 Å². The zero-order chi connectivity index (χ0) is 16.5. The summed E-state index contributed by atoms with van der Waals surface area (Å²) in [7, 11) is 0. The zero-order valence-corrected chi connectivity index (χ0v) is 13.0. The molecule has 1 unspecified atom stereocenters. The van der Waals surface area contributed by atoms with Gasteiger partial charge in [0.1, 0.15) is 17.3 Å². The zero-order valence-electron chi connectivity index (χ0n) is 13.0. The molecule has 0 aliphatic carbocycles. The fourth-order valence-corrected chi connectivity index (χ4v) is 3.16. The first-order valence-corrected chi connectivity index (χ1v) is 7.89. The normalized spacial score (nSPS) is 18.0. The number of aromatic nitrogens is 5. The summed E-state index contributed by atoms with van der Waals surface area (Å²) in [4.78, 5) is 21.8. The van der Waals surface area contributed by atoms with Crippen molar-refractivity contribution >= 4 is 17.4 Å². The van der Waals surface area contributed by atoms with E-state index in [0.29, 0.717) is 5.82 Å². The highest BCUT2D eigenvalue weighted by molar-refractivity contribution is 5.90. The molecule has 1 amide bonds. The molecule has 8 heteroatoms. The van der Waals surface area contributed by atoms with Crippen molar-refractivity contribution in [2.75, 3.05) is 18.0 Å². The van der Waals surface area contributed by atoms with Gasteiger partial charge in [0.25, 0.3) is 5.91 Å². The van der Waals surface area contributed by atoms with Crippen LogP contribution >= 0.6 is 0 Å². The number of primary amides is 1. The second-order valence-corrected chi connectivity index (χ2v) is 5.90. The minimum Gasteiger partial charge on any atom is -0.364 e. The Balaban J connectivity index is 1.62. The first-order valence-electron chi connectivity index (χ1n) is 7.89. The molecule has 0 bridgehead atoms. The molecule has 24 heavy (non-hydrogen) atoms. The fourth-order valence-electron chi connectivity index (χ4n) is 3.16. The van der Waals surface area contributed by atoms with Crippen LogP contribution in [-0.2, 0) is 0 Å². The van der Waals surface area contributed by atoms with Gasteiger partial charge >= 0.3 is 0 Å². The van der Waals surface area contributed by atoms with Gasteiger partial charge in [-0.1, -0.05) is 6.07 Å². The lowest BCUT2D eigenvalue weighted by molar-refractivity contribution is 0.0995. The standard InChI is InChI=1S/C16H17N7O/c17-15(24)12-8-18-9-14(19-12)22-6-3-4-11(10-22)16-21-20-13-5-1-2-7-23(13)16/h1-2,5,7-9,11H,3-4,6,10H2,(H2,17,24). The number of nitrogens with two attached hydrogens (primary N) is 1. The van der Waals surface area contributed by atoms with Gasteiger partial charge in [-0.15, -0.1) is 10.2 Å². The summed E-state index contributed by atoms with van der Waals surface area (Å²) in [5, 5.41) is 8.60. The molecule has 1 aliphatic heterocycles. The minimum atomic E-state index is -0.568. The van der Waals surface area contributed by atoms with E-state index >= 15 is 0 Å². The highest BCUT2D eigenvalue weighted by Gasteiger charge is 2.26. The Labute approximate surface area is 138 Å². The van der Waals surface area contributed by atoms with Crippen molar-refractivity contribution in [3.8, 4) is 0 Å². The topological polar surface area (TPSA) is 102 Å². The van der Waals surface area contributed by atoms with Crippen molar-refractivity contribution in [2.45, 2.75) is 18.8 Å². The van der Waals surface area contributed by atoms with Gasteiger partial charge in [0.05, 0.1) is 12.4 Å². The lowest BCUT2D eigenvalue weighted by Gasteiger charge is -2.32. The van der Waals surface area contributed by atoms with E-state index < -0.39 is 5.91 Å². The van der Waals surface area contributed by atoms with Gasteiger partial charge in [-0.2, -0.15) is 0 Å². The van der Waals surface area contributed by atoms with Crippen LogP contribution in [0.1, 0.15) is 35.1 Å². The van der Waals surface area contributed by atoms with Gasteiger partial charge in [-0.3, -0.25) is 14.2 Å². The van der Waals surface area contributed by atoms with Crippen LogP contribution in [0, 0.1) is 0 Å². The summed E-state index contributed by atoms with van der Waals surface area (Å²) < 4.78 is 2.03. The van der Waals surface area contributed by atoms with Gasteiger partial charge in [-0.25, -0.2) is 4.98 Å². The van der Waals surface area contributed by atoms with Crippen molar-refractivity contribution in [2.24, 2.45) is 5.73 Å². The Hall–Kier alpha value is -3.03. The Kier molecular flexibility index (Phi) is 3.56. The maximum atomic E-state index is 11.3. The molecule has 4 heterocycles. The summed E-state index contributed by atoms with van der Waals surface area (Å²) in [6.45, 7) is 1.62. The van der Waals surface area contributed by atoms with Crippen molar-refractivity contribution in [3.05, 3.63) is 48.3 Å². The van der Waals surface area contributed by atoms with Crippen LogP contribution in [-0.4, -0.2) is 43.6 Å². The molecule has 3 aromatic rings. The van der Waals surface area contributed by atoms with E-state index in [4.69, 9.17) is 5.73 Å². The third-order valence-corrected chi connectivity index (χ3v) is 4.32. The molecule has 1 atom stereocenters. The lowest BCUT2D eigenvalue weighted by atomic mass is 9.97. The van der Waals surface area contributed by atoms with Crippen molar-refractivity contribution in [3.63, 3.8) is 0 Å². The number of fused-ring (bicyclic) bond motifs is 1. The number of amides is 1. The molecule has 1 aliphatic rings. The van der Waals surface area contributed by atoms with Crippen molar-refractivity contribution in [1.29, 1.82) is 0 Å². The molecule has 0 spiro atoms. The molecule has 4 rings (SSSR count). The molecule has 0 radical (unpaired) electrons. The Morgan fingerprint density at radius 2 is 2.17 bits per heavy atom. The number of hydrogen-bond acceptors (Lipinski definition) is 6. The van der Waals surface area contributed by atoms with Crippen LogP contribution in [0.2, 0.25) is 0 Å². The van der Waals surface area contributed by atoms with E-state index in [1.807, 2.05) is 28.8 Å². The van der Waals surface area contributed by atoms with E-state index in [0.717, 1.165) is 37.4 Å². The third-order valence-electron chi connectivity index (χ3n) is 4.32. The third kappa shape index (κ3) is 2.55. The van der Waals surface area contributed by atoms with Crippen molar-refractivity contribution in [1.82, 2.24) is 24.6 Å². The summed E-state index contributed by atoms with van der Waals surface area (Å²) in [5.74, 6) is 1.30. The van der Waals surface area contributed by atoms with Gasteiger partial charge in [0, 0.05) is 25.2 Å². The monoisotopic (exact) mass is 323 g/mol. The number of rotatable bonds is 3. The molecular weight excluding hydrogens is 306 g/mol. The summed E-state index contributed by atoms with van der Waals surface area (Å²) in [6.07, 6.45) is 7.08. The first kappa shape index (κ1) is 14.6. The van der Waals surface area contributed by atoms with Gasteiger partial charge in [0.2, 0.25) is 0 Å². The Morgan fingerprint density at radius 3 is 3.04 bits per heavy atom. The highest BCUT2D eigenvalue weighted by Crippen LogP contribution is 2.28. The number of hydrogen-bond donors (Lipinski definition) is 1. The molecule has 1 saturated heterocycles. The SMILES string of the molecule is NC(=O)c1cncc(N2CCCC(c3nnc4ccccn34)C2)n1. The molecule has 0 aromatic carbocycles. The molecule has 3 aromatic heterocycles. The van der Waals surface area contributed by atoms with Crippen LogP contribution in [0.5, 0.6) is 0 Å². The maximum absolute atomic E-state index is 11.3. The molecule has 2 N–H and O–H groups in total. The van der Waals surface area contributed by atoms with Gasteiger partial charge < -0.3 is 10.6 Å². The molecule has 122 valence electrons. The van der Waals surface area contributed by atoms with E-state index in [1.54, 1.807) is 6.20 Å². The quantitative estimate of drug-likeness (QED) is 0.771. The van der Waals surface area contributed by atoms with E-state index in [-0.39, 0.29) is 11.6 Å². The number of nitrogens with zero attached hydrogens (tertiary/aromatic N) is 6. The van der Waals surface area contributed by atoms with Crippen molar-refractivity contribution < 1.29 is 4.79 Å². The second-order valence-electron chi connectivity index (χ2n) is 5.90. The Bertz CT molecular complexity index is 891. The summed E-state index contributed by atoms with van der Waals surface area (Å²) in [5.41, 5.74) is 6.33. The maximum Gasteiger partial charge on any atom is 0.268 e. The van der Waals surface area contributed by atoms with Crippen LogP contribution in [0.25, 0.3) is 5.65 Å². The number of carbonyl (C=O) groups is 1. The predicted octanol–water partition coefficient (Wildman–Crippen LogP) is 1.00. The molecule has 8 nitrogen and oxygen atoms in total. The molecule has 1 fully saturated rings. The van der Waals surface area contributed by atoms with E-state index in [9.17, 15) is 4.79 Å². The van der Waals surface area contributed by atoms with E-state index in [1.165, 1.54) is 6.20 Å². The van der Waals surface area contributed by atoms with Crippen LogP contribution < -0.4 is 10.6 Å². The van der Waals surface area contributed by atoms with Gasteiger partial charge in [0.15, 0.2) is 5.65 Å². The average Bonchev–Trinajstić information content (AvgIpc) is 3.06. The minimum absolute atomic E-state index is 0.183. The first-order chi connectivity index (χ1) is 11.7. The van der Waals surface area contributed by atoms with Crippen LogP contribution in [0.3, 0.4) is 0 Å². The summed E-state index contributed by atoms with van der Waals surface area (Å²) >= 11 is 0. The molecular formula is C16H17N7O. The summed E-state index contributed by atoms with van der Waals surface area (Å²) in [6, 6.07) is 5.87. The number of pyridine rings is 1. The Morgan fingerprint density at radius 1 is 1.25 bits per heavy atom. The van der Waals surface area contributed by atoms with E-state index in [2.05, 4.69) is 25.1 Å².